The Kier molecular flexibility index (Phi) is 2.88. The number of likely N-dealkylation sites (tertiary alicyclic amines) is 1. The van der Waals surface area contributed by atoms with E-state index in [2.05, 4.69) is 11.8 Å². The summed E-state index contributed by atoms with van der Waals surface area (Å²) in [7, 11) is 0. The lowest BCUT2D eigenvalue weighted by atomic mass is 9.87. The Hall–Kier alpha value is -0.410. The van der Waals surface area contributed by atoms with Gasteiger partial charge in [-0.05, 0) is 25.9 Å². The minimum atomic E-state index is 0.316. The van der Waals surface area contributed by atoms with Crippen LogP contribution in [0.5, 0.6) is 0 Å². The van der Waals surface area contributed by atoms with E-state index < -0.39 is 0 Å². The van der Waals surface area contributed by atoms with E-state index in [-0.39, 0.29) is 0 Å². The van der Waals surface area contributed by atoms with Crippen molar-refractivity contribution in [3.63, 3.8) is 0 Å². The van der Waals surface area contributed by atoms with Crippen molar-refractivity contribution in [3.8, 4) is 0 Å². The van der Waals surface area contributed by atoms with E-state index in [0.717, 1.165) is 52.0 Å². The van der Waals surface area contributed by atoms with E-state index in [1.165, 1.54) is 0 Å². The molecule has 2 saturated heterocycles. The van der Waals surface area contributed by atoms with Gasteiger partial charge in [0.1, 0.15) is 6.29 Å². The highest BCUT2D eigenvalue weighted by atomic mass is 16.5. The van der Waals surface area contributed by atoms with E-state index in [1.54, 1.807) is 0 Å². The maximum absolute atomic E-state index is 10.6. The van der Waals surface area contributed by atoms with Crippen LogP contribution < -0.4 is 0 Å². The molecule has 14 heavy (non-hydrogen) atoms. The van der Waals surface area contributed by atoms with E-state index in [4.69, 9.17) is 4.74 Å². The predicted octanol–water partition coefficient (Wildman–Crippen LogP) is 0.934. The Morgan fingerprint density at radius 2 is 2.07 bits per heavy atom. The number of carbonyl (C=O) groups excluding carboxylic acids is 1. The summed E-state index contributed by atoms with van der Waals surface area (Å²) in [5.41, 5.74) is 0.383. The molecule has 3 nitrogen and oxygen atoms in total. The Balaban J connectivity index is 1.75. The summed E-state index contributed by atoms with van der Waals surface area (Å²) < 4.78 is 5.24. The molecule has 0 aromatic heterocycles. The van der Waals surface area contributed by atoms with Crippen molar-refractivity contribution < 1.29 is 9.53 Å². The first kappa shape index (κ1) is 10.1. The summed E-state index contributed by atoms with van der Waals surface area (Å²) in [4.78, 5) is 13.1. The number of piperidine rings is 1. The molecule has 2 rings (SSSR count). The normalized spacial score (nSPS) is 28.4. The standard InChI is InChI=1S/C11H19NO2/c1-11(8-14-9-11)7-12-4-2-10(6-13)3-5-12/h6,10H,2-5,7-9H2,1H3. The Morgan fingerprint density at radius 3 is 2.50 bits per heavy atom. The van der Waals surface area contributed by atoms with Crippen molar-refractivity contribution in [1.82, 2.24) is 4.90 Å². The Morgan fingerprint density at radius 1 is 1.43 bits per heavy atom. The lowest BCUT2D eigenvalue weighted by molar-refractivity contribution is -0.120. The second kappa shape index (κ2) is 3.99. The summed E-state index contributed by atoms with van der Waals surface area (Å²) >= 11 is 0. The van der Waals surface area contributed by atoms with Crippen molar-refractivity contribution in [3.05, 3.63) is 0 Å². The summed E-state index contributed by atoms with van der Waals surface area (Å²) in [5, 5.41) is 0. The number of nitrogens with zero attached hydrogens (tertiary/aromatic N) is 1. The number of hydrogen-bond donors (Lipinski definition) is 0. The number of aldehydes is 1. The van der Waals surface area contributed by atoms with E-state index in [1.807, 2.05) is 0 Å². The van der Waals surface area contributed by atoms with E-state index in [0.29, 0.717) is 11.3 Å². The van der Waals surface area contributed by atoms with Gasteiger partial charge in [-0.2, -0.15) is 0 Å². The number of ether oxygens (including phenoxy) is 1. The third-order valence-electron chi connectivity index (χ3n) is 3.33. The lowest BCUT2D eigenvalue weighted by Gasteiger charge is -2.43. The highest BCUT2D eigenvalue weighted by molar-refractivity contribution is 5.53. The molecule has 0 radical (unpaired) electrons. The molecule has 0 saturated carbocycles. The summed E-state index contributed by atoms with van der Waals surface area (Å²) in [6.45, 7) is 7.39. The zero-order chi connectivity index (χ0) is 10.0. The van der Waals surface area contributed by atoms with Crippen molar-refractivity contribution in [1.29, 1.82) is 0 Å². The van der Waals surface area contributed by atoms with Gasteiger partial charge >= 0.3 is 0 Å². The predicted molar refractivity (Wildman–Crippen MR) is 54.2 cm³/mol. The summed E-state index contributed by atoms with van der Waals surface area (Å²) in [6.07, 6.45) is 3.20. The molecule has 2 fully saturated rings. The minimum absolute atomic E-state index is 0.316. The van der Waals surface area contributed by atoms with E-state index in [9.17, 15) is 4.79 Å². The molecule has 0 unspecified atom stereocenters. The fraction of sp³-hybridized carbons (Fsp3) is 0.909. The third-order valence-corrected chi connectivity index (χ3v) is 3.33. The van der Waals surface area contributed by atoms with Crippen LogP contribution in [0.25, 0.3) is 0 Å². The van der Waals surface area contributed by atoms with Gasteiger partial charge in [-0.25, -0.2) is 0 Å². The van der Waals surface area contributed by atoms with Crippen LogP contribution >= 0.6 is 0 Å². The summed E-state index contributed by atoms with van der Waals surface area (Å²) in [5.74, 6) is 0.316. The molecule has 3 heteroatoms. The highest BCUT2D eigenvalue weighted by Gasteiger charge is 2.35. The van der Waals surface area contributed by atoms with Crippen LogP contribution in [0, 0.1) is 11.3 Å². The molecule has 2 aliphatic heterocycles. The van der Waals surface area contributed by atoms with Gasteiger partial charge in [-0.15, -0.1) is 0 Å². The Labute approximate surface area is 85.4 Å². The van der Waals surface area contributed by atoms with Crippen LogP contribution in [0.2, 0.25) is 0 Å². The molecule has 0 amide bonds. The maximum Gasteiger partial charge on any atom is 0.123 e. The first-order valence-electron chi connectivity index (χ1n) is 5.47. The van der Waals surface area contributed by atoms with Gasteiger partial charge in [0, 0.05) is 17.9 Å². The van der Waals surface area contributed by atoms with Gasteiger partial charge in [-0.1, -0.05) is 6.92 Å². The molecule has 0 atom stereocenters. The first-order valence-corrected chi connectivity index (χ1v) is 5.47. The van der Waals surface area contributed by atoms with Crippen molar-refractivity contribution in [2.75, 3.05) is 32.8 Å². The van der Waals surface area contributed by atoms with Gasteiger partial charge in [0.25, 0.3) is 0 Å². The van der Waals surface area contributed by atoms with Crippen molar-refractivity contribution >= 4 is 6.29 Å². The first-order chi connectivity index (χ1) is 6.72. The summed E-state index contributed by atoms with van der Waals surface area (Å²) in [6, 6.07) is 0. The van der Waals surface area contributed by atoms with Gasteiger partial charge < -0.3 is 14.4 Å². The average molecular weight is 197 g/mol. The van der Waals surface area contributed by atoms with Crippen LogP contribution in [-0.4, -0.2) is 44.0 Å². The molecule has 80 valence electrons. The lowest BCUT2D eigenvalue weighted by Crippen LogP contribution is -2.50. The van der Waals surface area contributed by atoms with Crippen LogP contribution in [0.15, 0.2) is 0 Å². The van der Waals surface area contributed by atoms with Crippen LogP contribution in [0.4, 0.5) is 0 Å². The van der Waals surface area contributed by atoms with Crippen LogP contribution in [0.1, 0.15) is 19.8 Å². The van der Waals surface area contributed by atoms with Gasteiger partial charge in [0.2, 0.25) is 0 Å². The van der Waals surface area contributed by atoms with Crippen LogP contribution in [0.3, 0.4) is 0 Å². The molecular formula is C11H19NO2. The molecular weight excluding hydrogens is 178 g/mol. The third kappa shape index (κ3) is 2.15. The SMILES string of the molecule is CC1(CN2CCC(C=O)CC2)COC1. The monoisotopic (exact) mass is 197 g/mol. The van der Waals surface area contributed by atoms with Crippen LogP contribution in [-0.2, 0) is 9.53 Å². The molecule has 0 aliphatic carbocycles. The second-order valence-corrected chi connectivity index (χ2v) is 5.05. The zero-order valence-electron chi connectivity index (χ0n) is 8.87. The molecule has 0 spiro atoms. The fourth-order valence-electron chi connectivity index (χ4n) is 2.33. The maximum atomic E-state index is 10.6. The Bertz CT molecular complexity index is 205. The molecule has 0 bridgehead atoms. The number of carbonyl (C=O) groups is 1. The fourth-order valence-corrected chi connectivity index (χ4v) is 2.33. The molecule has 0 aromatic carbocycles. The smallest absolute Gasteiger partial charge is 0.123 e. The van der Waals surface area contributed by atoms with Crippen molar-refractivity contribution in [2.24, 2.45) is 11.3 Å². The van der Waals surface area contributed by atoms with Crippen molar-refractivity contribution in [2.45, 2.75) is 19.8 Å². The second-order valence-electron chi connectivity index (χ2n) is 5.05. The van der Waals surface area contributed by atoms with E-state index >= 15 is 0 Å². The number of hydrogen-bond acceptors (Lipinski definition) is 3. The van der Waals surface area contributed by atoms with Gasteiger partial charge in [0.15, 0.2) is 0 Å². The topological polar surface area (TPSA) is 29.5 Å². The minimum Gasteiger partial charge on any atom is -0.380 e. The van der Waals surface area contributed by atoms with Gasteiger partial charge in [0.05, 0.1) is 13.2 Å². The van der Waals surface area contributed by atoms with Gasteiger partial charge in [-0.3, -0.25) is 0 Å². The molecule has 2 aliphatic rings. The average Bonchev–Trinajstić information content (AvgIpc) is 2.17. The molecule has 2 heterocycles. The largest absolute Gasteiger partial charge is 0.380 e. The zero-order valence-corrected chi connectivity index (χ0v) is 8.87. The highest BCUT2D eigenvalue weighted by Crippen LogP contribution is 2.29. The number of rotatable bonds is 3. The quantitative estimate of drug-likeness (QED) is 0.630. The molecule has 0 aromatic rings. The molecule has 0 N–H and O–H groups in total.